The maximum Gasteiger partial charge on any atom is 0.263 e. The third-order valence-electron chi connectivity index (χ3n) is 4.52. The maximum atomic E-state index is 12.3. The molecule has 25 heavy (non-hydrogen) atoms. The first-order chi connectivity index (χ1) is 12.1. The fourth-order valence-corrected chi connectivity index (χ4v) is 3.96. The van der Waals surface area contributed by atoms with Crippen molar-refractivity contribution in [2.24, 2.45) is 0 Å². The van der Waals surface area contributed by atoms with E-state index in [1.807, 2.05) is 26.0 Å². The molecular weight excluding hydrogens is 338 g/mol. The number of carbonyl (C=O) groups is 1. The molecule has 1 saturated heterocycles. The molecule has 1 aliphatic heterocycles. The van der Waals surface area contributed by atoms with Crippen LogP contribution in [0.25, 0.3) is 11.1 Å². The zero-order valence-electron chi connectivity index (χ0n) is 14.2. The van der Waals surface area contributed by atoms with E-state index in [4.69, 9.17) is 4.52 Å². The first-order valence-corrected chi connectivity index (χ1v) is 9.12. The summed E-state index contributed by atoms with van der Waals surface area (Å²) in [6.07, 6.45) is 3.27. The Morgan fingerprint density at radius 3 is 2.80 bits per heavy atom. The largest absolute Gasteiger partial charge is 0.356 e. The van der Waals surface area contributed by atoms with Crippen LogP contribution in [0.15, 0.2) is 23.0 Å². The first kappa shape index (κ1) is 16.0. The van der Waals surface area contributed by atoms with Gasteiger partial charge in [-0.25, -0.2) is 4.98 Å². The van der Waals surface area contributed by atoms with E-state index in [0.717, 1.165) is 52.6 Å². The van der Waals surface area contributed by atoms with E-state index in [9.17, 15) is 4.79 Å². The van der Waals surface area contributed by atoms with Crippen LogP contribution in [0.3, 0.4) is 0 Å². The standard InChI is InChI=1S/C17H19N5O2S/c1-10-3-4-13(25-10)16(23)20-12-5-7-22(8-6-12)15-14-11(2)21-24-17(14)19-9-18-15/h3-4,9,12H,5-8H2,1-2H3,(H,20,23). The van der Waals surface area contributed by atoms with Gasteiger partial charge in [0.15, 0.2) is 0 Å². The number of thiophene rings is 1. The Balaban J connectivity index is 1.43. The SMILES string of the molecule is Cc1ccc(C(=O)NC2CCN(c3ncnc4onc(C)c34)CC2)s1. The normalized spacial score (nSPS) is 15.7. The number of amides is 1. The lowest BCUT2D eigenvalue weighted by Crippen LogP contribution is -2.44. The fraction of sp³-hybridized carbons (Fsp3) is 0.412. The monoisotopic (exact) mass is 357 g/mol. The highest BCUT2D eigenvalue weighted by atomic mass is 32.1. The number of hydrogen-bond acceptors (Lipinski definition) is 7. The number of piperidine rings is 1. The zero-order valence-corrected chi connectivity index (χ0v) is 15.0. The van der Waals surface area contributed by atoms with E-state index in [1.165, 1.54) is 17.7 Å². The van der Waals surface area contributed by atoms with Gasteiger partial charge in [0.05, 0.1) is 10.6 Å². The molecule has 130 valence electrons. The number of aromatic nitrogens is 3. The van der Waals surface area contributed by atoms with Crippen molar-refractivity contribution in [3.05, 3.63) is 33.9 Å². The molecule has 7 nitrogen and oxygen atoms in total. The van der Waals surface area contributed by atoms with E-state index < -0.39 is 0 Å². The van der Waals surface area contributed by atoms with Gasteiger partial charge in [-0.15, -0.1) is 11.3 Å². The summed E-state index contributed by atoms with van der Waals surface area (Å²) >= 11 is 1.53. The highest BCUT2D eigenvalue weighted by Crippen LogP contribution is 2.28. The van der Waals surface area contributed by atoms with E-state index in [2.05, 4.69) is 25.3 Å². The van der Waals surface area contributed by atoms with E-state index in [-0.39, 0.29) is 11.9 Å². The third kappa shape index (κ3) is 3.09. The maximum absolute atomic E-state index is 12.3. The number of hydrogen-bond donors (Lipinski definition) is 1. The number of anilines is 1. The molecule has 4 rings (SSSR count). The quantitative estimate of drug-likeness (QED) is 0.776. The topological polar surface area (TPSA) is 84.2 Å². The molecule has 1 amide bonds. The van der Waals surface area contributed by atoms with Crippen LogP contribution in [0.1, 0.15) is 33.1 Å². The lowest BCUT2D eigenvalue weighted by molar-refractivity contribution is 0.0935. The van der Waals surface area contributed by atoms with Crippen LogP contribution < -0.4 is 10.2 Å². The van der Waals surface area contributed by atoms with Crippen LogP contribution in [0, 0.1) is 13.8 Å². The molecule has 1 fully saturated rings. The van der Waals surface area contributed by atoms with Gasteiger partial charge in [-0.2, -0.15) is 4.98 Å². The molecule has 0 aromatic carbocycles. The van der Waals surface area contributed by atoms with E-state index in [1.54, 1.807) is 0 Å². The smallest absolute Gasteiger partial charge is 0.263 e. The van der Waals surface area contributed by atoms with Crippen molar-refractivity contribution in [2.75, 3.05) is 18.0 Å². The average molecular weight is 357 g/mol. The van der Waals surface area contributed by atoms with Crippen LogP contribution in [-0.4, -0.2) is 40.2 Å². The Bertz CT molecular complexity index is 911. The molecule has 3 aromatic heterocycles. The lowest BCUT2D eigenvalue weighted by atomic mass is 10.0. The average Bonchev–Trinajstić information content (AvgIpc) is 3.22. The summed E-state index contributed by atoms with van der Waals surface area (Å²) in [6.45, 7) is 5.56. The van der Waals surface area contributed by atoms with Gasteiger partial charge in [-0.05, 0) is 38.8 Å². The van der Waals surface area contributed by atoms with Gasteiger partial charge in [0.25, 0.3) is 11.6 Å². The van der Waals surface area contributed by atoms with Crippen LogP contribution in [0.2, 0.25) is 0 Å². The Hall–Kier alpha value is -2.48. The summed E-state index contributed by atoms with van der Waals surface area (Å²) in [7, 11) is 0. The highest BCUT2D eigenvalue weighted by Gasteiger charge is 2.25. The molecule has 0 unspecified atom stereocenters. The summed E-state index contributed by atoms with van der Waals surface area (Å²) in [5.41, 5.74) is 1.32. The molecule has 0 aliphatic carbocycles. The van der Waals surface area contributed by atoms with E-state index >= 15 is 0 Å². The third-order valence-corrected chi connectivity index (χ3v) is 5.52. The molecule has 3 aromatic rings. The van der Waals surface area contributed by atoms with Crippen LogP contribution in [-0.2, 0) is 0 Å². The minimum atomic E-state index is 0.0239. The Kier molecular flexibility index (Phi) is 4.12. The molecule has 4 heterocycles. The van der Waals surface area contributed by atoms with Crippen molar-refractivity contribution in [1.29, 1.82) is 0 Å². The summed E-state index contributed by atoms with van der Waals surface area (Å²) in [4.78, 5) is 25.0. The van der Waals surface area contributed by atoms with Gasteiger partial charge in [-0.1, -0.05) is 5.16 Å². The summed E-state index contributed by atoms with van der Waals surface area (Å²) < 4.78 is 5.22. The predicted molar refractivity (Wildman–Crippen MR) is 96.1 cm³/mol. The second-order valence-corrected chi connectivity index (χ2v) is 7.58. The minimum Gasteiger partial charge on any atom is -0.356 e. The number of aryl methyl sites for hydroxylation is 2. The van der Waals surface area contributed by atoms with Crippen molar-refractivity contribution in [2.45, 2.75) is 32.7 Å². The van der Waals surface area contributed by atoms with Gasteiger partial charge < -0.3 is 14.7 Å². The minimum absolute atomic E-state index is 0.0239. The molecule has 1 aliphatic rings. The molecule has 1 N–H and O–H groups in total. The lowest BCUT2D eigenvalue weighted by Gasteiger charge is -2.33. The molecule has 0 atom stereocenters. The van der Waals surface area contributed by atoms with Gasteiger partial charge >= 0.3 is 0 Å². The number of rotatable bonds is 3. The van der Waals surface area contributed by atoms with Gasteiger partial charge in [0.2, 0.25) is 0 Å². The van der Waals surface area contributed by atoms with Gasteiger partial charge in [-0.3, -0.25) is 4.79 Å². The van der Waals surface area contributed by atoms with Crippen molar-refractivity contribution in [3.8, 4) is 0 Å². The molecule has 8 heteroatoms. The van der Waals surface area contributed by atoms with Crippen molar-refractivity contribution < 1.29 is 9.32 Å². The predicted octanol–water partition coefficient (Wildman–Crippen LogP) is 2.69. The summed E-state index contributed by atoms with van der Waals surface area (Å²) in [6, 6.07) is 4.05. The first-order valence-electron chi connectivity index (χ1n) is 8.31. The molecule has 0 bridgehead atoms. The number of nitrogens with zero attached hydrogens (tertiary/aromatic N) is 4. The number of carbonyl (C=O) groups excluding carboxylic acids is 1. The van der Waals surface area contributed by atoms with Crippen molar-refractivity contribution in [1.82, 2.24) is 20.4 Å². The Morgan fingerprint density at radius 1 is 1.28 bits per heavy atom. The van der Waals surface area contributed by atoms with Crippen molar-refractivity contribution in [3.63, 3.8) is 0 Å². The Labute approximate surface area is 149 Å². The van der Waals surface area contributed by atoms with E-state index in [0.29, 0.717) is 5.71 Å². The Morgan fingerprint density at radius 2 is 2.08 bits per heavy atom. The summed E-state index contributed by atoms with van der Waals surface area (Å²) in [5, 5.41) is 8.00. The molecule has 0 radical (unpaired) electrons. The number of nitrogens with one attached hydrogen (secondary N) is 1. The van der Waals surface area contributed by atoms with Crippen LogP contribution in [0.5, 0.6) is 0 Å². The van der Waals surface area contributed by atoms with Crippen molar-refractivity contribution >= 4 is 34.2 Å². The van der Waals surface area contributed by atoms with Crippen LogP contribution in [0.4, 0.5) is 5.82 Å². The van der Waals surface area contributed by atoms with Gasteiger partial charge in [0.1, 0.15) is 17.5 Å². The molecular formula is C17H19N5O2S. The summed E-state index contributed by atoms with van der Waals surface area (Å²) in [5.74, 6) is 0.887. The zero-order chi connectivity index (χ0) is 17.4. The highest BCUT2D eigenvalue weighted by molar-refractivity contribution is 7.13. The fourth-order valence-electron chi connectivity index (χ4n) is 3.19. The number of fused-ring (bicyclic) bond motifs is 1. The van der Waals surface area contributed by atoms with Crippen LogP contribution >= 0.6 is 11.3 Å². The molecule has 0 spiro atoms. The molecule has 0 saturated carbocycles. The second kappa shape index (κ2) is 6.44. The second-order valence-electron chi connectivity index (χ2n) is 6.29. The van der Waals surface area contributed by atoms with Gasteiger partial charge in [0, 0.05) is 24.0 Å².